The number of hydrogen-bond acceptors (Lipinski definition) is 4. The molecular formula is C12H12FN3O3S. The number of rotatable bonds is 2. The number of aryl methyl sites for hydroxylation is 1. The molecule has 20 heavy (non-hydrogen) atoms. The van der Waals surface area contributed by atoms with Crippen LogP contribution in [0.5, 0.6) is 0 Å². The van der Waals surface area contributed by atoms with Crippen molar-refractivity contribution in [3.8, 4) is 0 Å². The van der Waals surface area contributed by atoms with E-state index in [9.17, 15) is 17.1 Å². The number of nitrogens with zero attached hydrogens (tertiary/aromatic N) is 3. The Labute approximate surface area is 115 Å². The first-order valence-corrected chi connectivity index (χ1v) is 7.47. The van der Waals surface area contributed by atoms with Crippen LogP contribution >= 0.6 is 0 Å². The Balaban J connectivity index is 2.06. The average Bonchev–Trinajstić information content (AvgIpc) is 2.93. The van der Waals surface area contributed by atoms with Gasteiger partial charge in [-0.25, -0.2) is 0 Å². The van der Waals surface area contributed by atoms with Crippen LogP contribution in [0.2, 0.25) is 0 Å². The maximum Gasteiger partial charge on any atom is 0.307 e. The molecule has 1 saturated heterocycles. The third-order valence-electron chi connectivity index (χ3n) is 3.55. The van der Waals surface area contributed by atoms with E-state index in [0.29, 0.717) is 5.69 Å². The lowest BCUT2D eigenvalue weighted by Gasteiger charge is -2.17. The maximum absolute atomic E-state index is 13.1. The second-order valence-electron chi connectivity index (χ2n) is 4.78. The summed E-state index contributed by atoms with van der Waals surface area (Å²) in [6.45, 7) is -0.161. The van der Waals surface area contributed by atoms with E-state index in [1.165, 1.54) is 4.90 Å². The topological polar surface area (TPSA) is 72.3 Å². The standard InChI is InChI=1S/C12H12FN3O3S/c1-15-10-3-2-4-11(9(10)6-14-15)16-7-8(5-12(16)17)20(13,18)19/h2-4,6,8H,5,7H2,1H3. The summed E-state index contributed by atoms with van der Waals surface area (Å²) < 4.78 is 36.6. The second-order valence-corrected chi connectivity index (χ2v) is 6.40. The lowest BCUT2D eigenvalue weighted by Crippen LogP contribution is -2.27. The molecule has 1 aromatic heterocycles. The molecule has 1 atom stereocenters. The predicted octanol–water partition coefficient (Wildman–Crippen LogP) is 0.978. The van der Waals surface area contributed by atoms with Crippen molar-refractivity contribution in [1.29, 1.82) is 0 Å². The van der Waals surface area contributed by atoms with Gasteiger partial charge in [0, 0.05) is 25.4 Å². The Hall–Kier alpha value is -1.96. The van der Waals surface area contributed by atoms with E-state index < -0.39 is 21.4 Å². The molecule has 1 aliphatic rings. The van der Waals surface area contributed by atoms with E-state index in [-0.39, 0.29) is 13.0 Å². The van der Waals surface area contributed by atoms with Gasteiger partial charge >= 0.3 is 10.2 Å². The van der Waals surface area contributed by atoms with Crippen LogP contribution in [0, 0.1) is 0 Å². The molecule has 6 nitrogen and oxygen atoms in total. The second kappa shape index (κ2) is 4.27. The smallest absolute Gasteiger partial charge is 0.307 e. The van der Waals surface area contributed by atoms with Gasteiger partial charge in [0.25, 0.3) is 0 Å². The first kappa shape index (κ1) is 13.0. The Bertz CT molecular complexity index is 799. The summed E-state index contributed by atoms with van der Waals surface area (Å²) in [7, 11) is -2.94. The van der Waals surface area contributed by atoms with E-state index >= 15 is 0 Å². The highest BCUT2D eigenvalue weighted by molar-refractivity contribution is 7.87. The molecule has 3 rings (SSSR count). The van der Waals surface area contributed by atoms with Crippen molar-refractivity contribution in [2.24, 2.45) is 7.05 Å². The molecule has 8 heteroatoms. The molecule has 0 aliphatic carbocycles. The summed E-state index contributed by atoms with van der Waals surface area (Å²) in [6.07, 6.45) is 1.28. The lowest BCUT2D eigenvalue weighted by molar-refractivity contribution is -0.117. The molecule has 1 unspecified atom stereocenters. The molecule has 1 aliphatic heterocycles. The van der Waals surface area contributed by atoms with Crippen LogP contribution < -0.4 is 4.90 Å². The van der Waals surface area contributed by atoms with Gasteiger partial charge in [-0.3, -0.25) is 9.48 Å². The Morgan fingerprint density at radius 3 is 2.80 bits per heavy atom. The SMILES string of the molecule is Cn1ncc2c(N3CC(S(=O)(=O)F)CC3=O)cccc21. The fourth-order valence-electron chi connectivity index (χ4n) is 2.49. The molecule has 2 heterocycles. The molecular weight excluding hydrogens is 285 g/mol. The largest absolute Gasteiger partial charge is 0.310 e. The summed E-state index contributed by atoms with van der Waals surface area (Å²) >= 11 is 0. The fraction of sp³-hybridized carbons (Fsp3) is 0.333. The van der Waals surface area contributed by atoms with Crippen molar-refractivity contribution in [3.63, 3.8) is 0 Å². The van der Waals surface area contributed by atoms with Crippen LogP contribution in [-0.2, 0) is 22.1 Å². The average molecular weight is 297 g/mol. The van der Waals surface area contributed by atoms with Crippen LogP contribution in [0.4, 0.5) is 9.57 Å². The summed E-state index contributed by atoms with van der Waals surface area (Å²) in [5.41, 5.74) is 1.38. The van der Waals surface area contributed by atoms with E-state index in [4.69, 9.17) is 0 Å². The number of carbonyl (C=O) groups is 1. The van der Waals surface area contributed by atoms with Gasteiger partial charge in [-0.15, -0.1) is 3.89 Å². The highest BCUT2D eigenvalue weighted by atomic mass is 32.3. The van der Waals surface area contributed by atoms with Gasteiger partial charge in [-0.2, -0.15) is 13.5 Å². The van der Waals surface area contributed by atoms with Gasteiger partial charge in [0.2, 0.25) is 5.91 Å². The Morgan fingerprint density at radius 1 is 1.40 bits per heavy atom. The number of amides is 1. The van der Waals surface area contributed by atoms with Gasteiger partial charge < -0.3 is 4.90 Å². The predicted molar refractivity (Wildman–Crippen MR) is 71.5 cm³/mol. The summed E-state index contributed by atoms with van der Waals surface area (Å²) in [5.74, 6) is -0.396. The lowest BCUT2D eigenvalue weighted by atomic mass is 10.2. The number of hydrogen-bond donors (Lipinski definition) is 0. The van der Waals surface area contributed by atoms with Crippen molar-refractivity contribution in [2.45, 2.75) is 11.7 Å². The Morgan fingerprint density at radius 2 is 2.15 bits per heavy atom. The minimum Gasteiger partial charge on any atom is -0.310 e. The molecule has 0 bridgehead atoms. The van der Waals surface area contributed by atoms with Gasteiger partial charge in [0.15, 0.2) is 0 Å². The van der Waals surface area contributed by atoms with Crippen molar-refractivity contribution in [2.75, 3.05) is 11.4 Å². The number of carbonyl (C=O) groups excluding carboxylic acids is 1. The van der Waals surface area contributed by atoms with Gasteiger partial charge in [0.05, 0.1) is 17.4 Å². The number of benzene rings is 1. The number of halogens is 1. The molecule has 1 aromatic carbocycles. The van der Waals surface area contributed by atoms with Crippen LogP contribution in [0.1, 0.15) is 6.42 Å². The van der Waals surface area contributed by atoms with Crippen LogP contribution in [-0.4, -0.2) is 35.9 Å². The highest BCUT2D eigenvalue weighted by Crippen LogP contribution is 2.31. The van der Waals surface area contributed by atoms with Crippen LogP contribution in [0.15, 0.2) is 24.4 Å². The summed E-state index contributed by atoms with van der Waals surface area (Å²) in [6, 6.07) is 5.30. The monoisotopic (exact) mass is 297 g/mol. The van der Waals surface area contributed by atoms with E-state index in [1.54, 1.807) is 30.1 Å². The third kappa shape index (κ3) is 1.96. The molecule has 1 fully saturated rings. The molecule has 0 spiro atoms. The summed E-state index contributed by atoms with van der Waals surface area (Å²) in [4.78, 5) is 13.3. The number of fused-ring (bicyclic) bond motifs is 1. The Kier molecular flexibility index (Phi) is 2.79. The normalized spacial score (nSPS) is 20.0. The first-order chi connectivity index (χ1) is 9.38. The first-order valence-electron chi connectivity index (χ1n) is 6.02. The molecule has 0 radical (unpaired) electrons. The van der Waals surface area contributed by atoms with E-state index in [1.807, 2.05) is 6.07 Å². The molecule has 2 aromatic rings. The van der Waals surface area contributed by atoms with Gasteiger partial charge in [-0.1, -0.05) is 6.07 Å². The quantitative estimate of drug-likeness (QED) is 0.775. The van der Waals surface area contributed by atoms with E-state index in [2.05, 4.69) is 5.10 Å². The molecule has 1 amide bonds. The van der Waals surface area contributed by atoms with E-state index in [0.717, 1.165) is 10.9 Å². The zero-order chi connectivity index (χ0) is 14.5. The van der Waals surface area contributed by atoms with Crippen molar-refractivity contribution < 1.29 is 17.1 Å². The maximum atomic E-state index is 13.1. The van der Waals surface area contributed by atoms with Crippen LogP contribution in [0.3, 0.4) is 0 Å². The number of aromatic nitrogens is 2. The number of anilines is 1. The van der Waals surface area contributed by atoms with Gasteiger partial charge in [0.1, 0.15) is 5.25 Å². The highest BCUT2D eigenvalue weighted by Gasteiger charge is 2.39. The van der Waals surface area contributed by atoms with Crippen molar-refractivity contribution in [3.05, 3.63) is 24.4 Å². The minimum absolute atomic E-state index is 0.161. The van der Waals surface area contributed by atoms with Gasteiger partial charge in [-0.05, 0) is 12.1 Å². The fourth-order valence-corrected chi connectivity index (χ4v) is 3.16. The third-order valence-corrected chi connectivity index (χ3v) is 4.66. The van der Waals surface area contributed by atoms with Crippen molar-refractivity contribution in [1.82, 2.24) is 9.78 Å². The van der Waals surface area contributed by atoms with Crippen molar-refractivity contribution >= 4 is 32.7 Å². The molecule has 106 valence electrons. The zero-order valence-electron chi connectivity index (χ0n) is 10.7. The molecule has 0 saturated carbocycles. The van der Waals surface area contributed by atoms with Crippen LogP contribution in [0.25, 0.3) is 10.9 Å². The minimum atomic E-state index is -4.71. The molecule has 0 N–H and O–H groups in total. The summed E-state index contributed by atoms with van der Waals surface area (Å²) in [5, 5.41) is 3.55. The zero-order valence-corrected chi connectivity index (χ0v) is 11.5.